The largest absolute Gasteiger partial charge is 0.492 e. The van der Waals surface area contributed by atoms with E-state index in [4.69, 9.17) is 14.0 Å². The molecule has 2 aromatic carbocycles. The standard InChI is InChI=1S/C29H31BN2O5/c1-28(2)29(3,4)37-30(36-28)20(15-19-16-31-14-13-26(19)33)17-32-27(34)35-18-25-23-11-7-5-9-21(23)22-10-6-8-12-24(22)25/h5-16,25H,17-18H2,1-4H3,(H,31,33)(H,32,34). The van der Waals surface area contributed by atoms with Crippen LogP contribution < -0.4 is 10.7 Å². The molecule has 1 saturated heterocycles. The van der Waals surface area contributed by atoms with E-state index >= 15 is 0 Å². The van der Waals surface area contributed by atoms with Gasteiger partial charge in [0.25, 0.3) is 0 Å². The van der Waals surface area contributed by atoms with Crippen molar-refractivity contribution in [2.75, 3.05) is 13.2 Å². The van der Waals surface area contributed by atoms with Crippen LogP contribution in [0.3, 0.4) is 0 Å². The summed E-state index contributed by atoms with van der Waals surface area (Å²) in [6.45, 7) is 8.14. The van der Waals surface area contributed by atoms with Crippen LogP contribution in [-0.4, -0.2) is 42.5 Å². The van der Waals surface area contributed by atoms with Gasteiger partial charge in [-0.1, -0.05) is 54.6 Å². The Labute approximate surface area is 217 Å². The van der Waals surface area contributed by atoms with Crippen LogP contribution in [0.5, 0.6) is 0 Å². The molecule has 1 aliphatic carbocycles. The Bertz CT molecular complexity index is 1350. The Morgan fingerprint density at radius 2 is 1.59 bits per heavy atom. The molecule has 2 aliphatic rings. The van der Waals surface area contributed by atoms with Crippen LogP contribution in [0.4, 0.5) is 4.79 Å². The number of aromatic nitrogens is 1. The Hall–Kier alpha value is -3.62. The number of pyridine rings is 1. The minimum atomic E-state index is -0.724. The van der Waals surface area contributed by atoms with Crippen molar-refractivity contribution in [3.63, 3.8) is 0 Å². The third kappa shape index (κ3) is 4.87. The predicted molar refractivity (Wildman–Crippen MR) is 144 cm³/mol. The lowest BCUT2D eigenvalue weighted by Crippen LogP contribution is -2.41. The Morgan fingerprint density at radius 1 is 1.00 bits per heavy atom. The maximum Gasteiger partial charge on any atom is 0.492 e. The van der Waals surface area contributed by atoms with Crippen LogP contribution in [0.2, 0.25) is 0 Å². The van der Waals surface area contributed by atoms with Gasteiger partial charge in [0, 0.05) is 36.5 Å². The van der Waals surface area contributed by atoms with Crippen LogP contribution in [0.25, 0.3) is 17.2 Å². The molecule has 1 aliphatic heterocycles. The smallest absolute Gasteiger partial charge is 0.449 e. The van der Waals surface area contributed by atoms with Crippen LogP contribution >= 0.6 is 0 Å². The summed E-state index contributed by atoms with van der Waals surface area (Å²) < 4.78 is 18.1. The number of ether oxygens (including phenoxy) is 1. The highest BCUT2D eigenvalue weighted by molar-refractivity contribution is 6.56. The summed E-state index contributed by atoms with van der Waals surface area (Å²) in [6.07, 6.45) is 4.33. The summed E-state index contributed by atoms with van der Waals surface area (Å²) >= 11 is 0. The molecule has 0 unspecified atom stereocenters. The molecule has 1 amide bonds. The average Bonchev–Trinajstić information content (AvgIpc) is 3.30. The third-order valence-corrected chi connectivity index (χ3v) is 7.53. The summed E-state index contributed by atoms with van der Waals surface area (Å²) in [7, 11) is -0.724. The van der Waals surface area contributed by atoms with Gasteiger partial charge in [0.2, 0.25) is 0 Å². The monoisotopic (exact) mass is 498 g/mol. The molecule has 7 nitrogen and oxygen atoms in total. The van der Waals surface area contributed by atoms with E-state index in [2.05, 4.69) is 34.6 Å². The number of nitrogens with one attached hydrogen (secondary N) is 2. The third-order valence-electron chi connectivity index (χ3n) is 7.53. The van der Waals surface area contributed by atoms with E-state index in [1.807, 2.05) is 52.0 Å². The molecule has 1 aromatic heterocycles. The van der Waals surface area contributed by atoms with Crippen molar-refractivity contribution in [2.45, 2.75) is 44.8 Å². The van der Waals surface area contributed by atoms with Gasteiger partial charge in [0.1, 0.15) is 6.61 Å². The van der Waals surface area contributed by atoms with Crippen molar-refractivity contribution >= 4 is 19.3 Å². The van der Waals surface area contributed by atoms with Crippen LogP contribution in [0, 0.1) is 0 Å². The Morgan fingerprint density at radius 3 is 2.19 bits per heavy atom. The summed E-state index contributed by atoms with van der Waals surface area (Å²) in [5.41, 5.74) is 4.43. The SMILES string of the molecule is CC1(C)OB(C(=Cc2c[nH]ccc2=O)CNC(=O)OCC2c3ccccc3-c3ccccc32)OC1(C)C. The molecular weight excluding hydrogens is 467 g/mol. The van der Waals surface area contributed by atoms with Crippen molar-refractivity contribution in [2.24, 2.45) is 0 Å². The van der Waals surface area contributed by atoms with E-state index < -0.39 is 24.4 Å². The zero-order valence-electron chi connectivity index (χ0n) is 21.5. The lowest BCUT2D eigenvalue weighted by Gasteiger charge is -2.32. The van der Waals surface area contributed by atoms with E-state index in [1.54, 1.807) is 18.5 Å². The average molecular weight is 498 g/mol. The molecule has 3 aromatic rings. The number of fused-ring (bicyclic) bond motifs is 3. The van der Waals surface area contributed by atoms with Gasteiger partial charge in [-0.05, 0) is 55.4 Å². The minimum Gasteiger partial charge on any atom is -0.449 e. The van der Waals surface area contributed by atoms with Crippen molar-refractivity contribution in [3.05, 3.63) is 99.4 Å². The molecule has 190 valence electrons. The number of amides is 1. The Balaban J connectivity index is 1.30. The predicted octanol–water partition coefficient (Wildman–Crippen LogP) is 4.93. The summed E-state index contributed by atoms with van der Waals surface area (Å²) in [5.74, 6) is -0.0286. The highest BCUT2D eigenvalue weighted by atomic mass is 16.7. The normalized spacial score (nSPS) is 17.8. The second-order valence-corrected chi connectivity index (χ2v) is 10.5. The number of hydrogen-bond donors (Lipinski definition) is 2. The first-order valence-corrected chi connectivity index (χ1v) is 12.5. The molecule has 0 spiro atoms. The van der Waals surface area contributed by atoms with Gasteiger partial charge in [-0.3, -0.25) is 4.79 Å². The first-order chi connectivity index (χ1) is 17.7. The maximum atomic E-state index is 12.8. The van der Waals surface area contributed by atoms with Crippen LogP contribution in [0.1, 0.15) is 50.3 Å². The Kier molecular flexibility index (Phi) is 6.56. The molecule has 0 bridgehead atoms. The number of carbonyl (C=O) groups excluding carboxylic acids is 1. The van der Waals surface area contributed by atoms with Gasteiger partial charge in [-0.2, -0.15) is 0 Å². The molecule has 2 N–H and O–H groups in total. The van der Waals surface area contributed by atoms with Gasteiger partial charge >= 0.3 is 13.2 Å². The maximum absolute atomic E-state index is 12.8. The molecule has 37 heavy (non-hydrogen) atoms. The fraction of sp³-hybridized carbons (Fsp3) is 0.310. The molecule has 5 rings (SSSR count). The molecule has 1 fully saturated rings. The molecule has 0 saturated carbocycles. The number of H-pyrrole nitrogens is 1. The number of aromatic amines is 1. The van der Waals surface area contributed by atoms with Gasteiger partial charge in [0.05, 0.1) is 11.2 Å². The summed E-state index contributed by atoms with van der Waals surface area (Å²) in [5, 5.41) is 2.82. The van der Waals surface area contributed by atoms with E-state index in [1.165, 1.54) is 17.2 Å². The van der Waals surface area contributed by atoms with Gasteiger partial charge in [-0.25, -0.2) is 4.79 Å². The highest BCUT2D eigenvalue weighted by Crippen LogP contribution is 2.44. The number of alkyl carbamates (subject to hydrolysis) is 1. The van der Waals surface area contributed by atoms with Gasteiger partial charge in [-0.15, -0.1) is 0 Å². The molecule has 0 radical (unpaired) electrons. The number of rotatable bonds is 6. The second-order valence-electron chi connectivity index (χ2n) is 10.5. The number of hydrogen-bond acceptors (Lipinski definition) is 5. The number of benzene rings is 2. The first-order valence-electron chi connectivity index (χ1n) is 12.5. The van der Waals surface area contributed by atoms with Crippen LogP contribution in [0.15, 0.2) is 77.3 Å². The van der Waals surface area contributed by atoms with Crippen molar-refractivity contribution in [3.8, 4) is 11.1 Å². The molecule has 0 atom stereocenters. The zero-order chi connectivity index (χ0) is 26.2. The van der Waals surface area contributed by atoms with E-state index in [9.17, 15) is 9.59 Å². The highest BCUT2D eigenvalue weighted by Gasteiger charge is 2.52. The lowest BCUT2D eigenvalue weighted by molar-refractivity contribution is 0.00578. The first kappa shape index (κ1) is 25.1. The minimum absolute atomic E-state index is 0.0286. The van der Waals surface area contributed by atoms with E-state index in [-0.39, 0.29) is 24.5 Å². The lowest BCUT2D eigenvalue weighted by atomic mass is 9.77. The fourth-order valence-corrected chi connectivity index (χ4v) is 4.76. The quantitative estimate of drug-likeness (QED) is 0.471. The molecule has 8 heteroatoms. The molecule has 2 heterocycles. The summed E-state index contributed by atoms with van der Waals surface area (Å²) in [6, 6.07) is 17.9. The van der Waals surface area contributed by atoms with Gasteiger partial charge < -0.3 is 24.3 Å². The zero-order valence-corrected chi connectivity index (χ0v) is 21.5. The molecular formula is C29H31BN2O5. The van der Waals surface area contributed by atoms with Crippen molar-refractivity contribution in [1.82, 2.24) is 10.3 Å². The van der Waals surface area contributed by atoms with Gasteiger partial charge in [0.15, 0.2) is 5.43 Å². The topological polar surface area (TPSA) is 89.7 Å². The van der Waals surface area contributed by atoms with E-state index in [0.717, 1.165) is 11.1 Å². The fourth-order valence-electron chi connectivity index (χ4n) is 4.76. The second kappa shape index (κ2) is 9.69. The van der Waals surface area contributed by atoms with Crippen molar-refractivity contribution < 1.29 is 18.8 Å². The van der Waals surface area contributed by atoms with Crippen LogP contribution in [-0.2, 0) is 14.0 Å². The number of carbonyl (C=O) groups is 1. The van der Waals surface area contributed by atoms with Crippen molar-refractivity contribution in [1.29, 1.82) is 0 Å². The van der Waals surface area contributed by atoms with E-state index in [0.29, 0.717) is 11.0 Å². The summed E-state index contributed by atoms with van der Waals surface area (Å²) in [4.78, 5) is 28.1.